The molecular weight excluding hydrogens is 519 g/mol. The summed E-state index contributed by atoms with van der Waals surface area (Å²) in [6.45, 7) is 1.46. The van der Waals surface area contributed by atoms with Crippen molar-refractivity contribution in [3.8, 4) is 5.75 Å². The number of aromatic nitrogens is 4. The first-order valence-corrected chi connectivity index (χ1v) is 12.5. The zero-order chi connectivity index (χ0) is 27.7. The number of fused-ring (bicyclic) bond motifs is 2. The molecule has 39 heavy (non-hydrogen) atoms. The predicted octanol–water partition coefficient (Wildman–Crippen LogP) is 2.66. The lowest BCUT2D eigenvalue weighted by molar-refractivity contribution is -0.200. The molecule has 1 N–H and O–H groups in total. The Hall–Kier alpha value is -3.94. The summed E-state index contributed by atoms with van der Waals surface area (Å²) < 4.78 is 48.6. The van der Waals surface area contributed by atoms with E-state index < -0.39 is 24.7 Å². The molecule has 208 valence electrons. The number of carbonyl (C=O) groups is 2. The van der Waals surface area contributed by atoms with Crippen LogP contribution in [0.25, 0.3) is 11.0 Å². The molecule has 2 aliphatic heterocycles. The Morgan fingerprint density at radius 2 is 2.00 bits per heavy atom. The first-order valence-electron chi connectivity index (χ1n) is 12.5. The Morgan fingerprint density at radius 3 is 2.77 bits per heavy atom. The standard InChI is InChI=1S/C25H28F3N7O4/c1-33-7-5-15-9-20(38-2)19(8-16(15)12-33)31-24-29-10-17-11-30-35(22(17)32-24)13-18-4-3-6-34(18)21(36)14-39-23(37)25(26,27)28/h8-11,18H,3-7,12-14H2,1-2H3,(H,29,31,32)/t18-/m0/s1. The number of methoxy groups -OCH3 is 1. The van der Waals surface area contributed by atoms with Crippen LogP contribution in [0.2, 0.25) is 0 Å². The predicted molar refractivity (Wildman–Crippen MR) is 133 cm³/mol. The lowest BCUT2D eigenvalue weighted by atomic mass is 9.99. The van der Waals surface area contributed by atoms with Gasteiger partial charge in [0.1, 0.15) is 5.75 Å². The second-order valence-electron chi connectivity index (χ2n) is 9.69. The number of carbonyl (C=O) groups excluding carboxylic acids is 2. The number of anilines is 2. The summed E-state index contributed by atoms with van der Waals surface area (Å²) in [6, 6.07) is 3.74. The van der Waals surface area contributed by atoms with E-state index in [-0.39, 0.29) is 12.6 Å². The number of ether oxygens (including phenoxy) is 2. The maximum Gasteiger partial charge on any atom is 0.490 e. The summed E-state index contributed by atoms with van der Waals surface area (Å²) in [6.07, 6.45) is 0.329. The van der Waals surface area contributed by atoms with Gasteiger partial charge in [-0.15, -0.1) is 0 Å². The molecule has 5 rings (SSSR count). The summed E-state index contributed by atoms with van der Waals surface area (Å²) in [5, 5.41) is 8.33. The summed E-state index contributed by atoms with van der Waals surface area (Å²) in [4.78, 5) is 36.2. The fraction of sp³-hybridized carbons (Fsp3) is 0.480. The van der Waals surface area contributed by atoms with Crippen molar-refractivity contribution in [2.75, 3.05) is 39.2 Å². The van der Waals surface area contributed by atoms with Gasteiger partial charge in [-0.05, 0) is 49.6 Å². The van der Waals surface area contributed by atoms with Gasteiger partial charge in [-0.1, -0.05) is 0 Å². The number of hydrogen-bond acceptors (Lipinski definition) is 9. The molecule has 1 fully saturated rings. The van der Waals surface area contributed by atoms with Crippen LogP contribution in [0, 0.1) is 0 Å². The Morgan fingerprint density at radius 1 is 1.18 bits per heavy atom. The molecule has 4 heterocycles. The Kier molecular flexibility index (Phi) is 7.30. The van der Waals surface area contributed by atoms with Crippen LogP contribution >= 0.6 is 0 Å². The highest BCUT2D eigenvalue weighted by molar-refractivity contribution is 5.83. The van der Waals surface area contributed by atoms with E-state index in [1.165, 1.54) is 16.0 Å². The smallest absolute Gasteiger partial charge is 0.490 e. The van der Waals surface area contributed by atoms with Gasteiger partial charge in [-0.2, -0.15) is 23.3 Å². The molecule has 0 saturated carbocycles. The number of nitrogens with one attached hydrogen (secondary N) is 1. The van der Waals surface area contributed by atoms with Gasteiger partial charge in [0.25, 0.3) is 5.91 Å². The molecule has 1 saturated heterocycles. The molecule has 0 unspecified atom stereocenters. The molecule has 0 aliphatic carbocycles. The van der Waals surface area contributed by atoms with Crippen molar-refractivity contribution < 1.29 is 32.2 Å². The SMILES string of the molecule is COc1cc2c(cc1Nc1ncc3cnn(C[C@@H]4CCCN4C(=O)COC(=O)C(F)(F)F)c3n1)CN(C)CC2. The summed E-state index contributed by atoms with van der Waals surface area (Å²) in [5.41, 5.74) is 3.71. The van der Waals surface area contributed by atoms with Gasteiger partial charge in [-0.3, -0.25) is 4.79 Å². The van der Waals surface area contributed by atoms with Crippen LogP contribution in [0.1, 0.15) is 24.0 Å². The molecule has 2 aliphatic rings. The zero-order valence-corrected chi connectivity index (χ0v) is 21.5. The van der Waals surface area contributed by atoms with E-state index in [1.54, 1.807) is 24.2 Å². The average Bonchev–Trinajstić information content (AvgIpc) is 3.53. The van der Waals surface area contributed by atoms with E-state index in [1.807, 2.05) is 12.1 Å². The summed E-state index contributed by atoms with van der Waals surface area (Å²) in [5.74, 6) is -2.05. The molecule has 11 nitrogen and oxygen atoms in total. The van der Waals surface area contributed by atoms with Crippen molar-refractivity contribution in [3.63, 3.8) is 0 Å². The molecule has 1 amide bonds. The molecule has 1 aromatic carbocycles. The number of rotatable bonds is 7. The number of hydrogen-bond donors (Lipinski definition) is 1. The molecule has 0 bridgehead atoms. The van der Waals surface area contributed by atoms with Crippen molar-refractivity contribution in [1.29, 1.82) is 0 Å². The lowest BCUT2D eigenvalue weighted by Crippen LogP contribution is -2.41. The highest BCUT2D eigenvalue weighted by Crippen LogP contribution is 2.33. The molecule has 2 aromatic heterocycles. The largest absolute Gasteiger partial charge is 0.495 e. The van der Waals surface area contributed by atoms with Gasteiger partial charge in [0, 0.05) is 25.8 Å². The van der Waals surface area contributed by atoms with Gasteiger partial charge in [0.2, 0.25) is 5.95 Å². The van der Waals surface area contributed by atoms with Gasteiger partial charge >= 0.3 is 12.1 Å². The number of amides is 1. The number of halogens is 3. The number of benzene rings is 1. The minimum Gasteiger partial charge on any atom is -0.495 e. The maximum atomic E-state index is 12.5. The third kappa shape index (κ3) is 5.75. The second-order valence-corrected chi connectivity index (χ2v) is 9.69. The van der Waals surface area contributed by atoms with Crippen LogP contribution in [0.5, 0.6) is 5.75 Å². The number of likely N-dealkylation sites (tertiary alicyclic amines) is 1. The van der Waals surface area contributed by atoms with E-state index in [9.17, 15) is 22.8 Å². The normalized spacial score (nSPS) is 17.8. The number of alkyl halides is 3. The molecular formula is C25H28F3N7O4. The summed E-state index contributed by atoms with van der Waals surface area (Å²) in [7, 11) is 3.69. The zero-order valence-electron chi connectivity index (χ0n) is 21.5. The first kappa shape index (κ1) is 26.7. The first-order chi connectivity index (χ1) is 18.6. The Bertz CT molecular complexity index is 1390. The molecule has 1 atom stereocenters. The van der Waals surface area contributed by atoms with E-state index >= 15 is 0 Å². The van der Waals surface area contributed by atoms with Crippen LogP contribution < -0.4 is 10.1 Å². The molecule has 0 radical (unpaired) electrons. The fourth-order valence-electron chi connectivity index (χ4n) is 5.02. The number of nitrogens with zero attached hydrogens (tertiary/aromatic N) is 6. The van der Waals surface area contributed by atoms with Crippen molar-refractivity contribution in [2.24, 2.45) is 0 Å². The van der Waals surface area contributed by atoms with E-state index in [4.69, 9.17) is 4.74 Å². The van der Waals surface area contributed by atoms with E-state index in [2.05, 4.69) is 37.1 Å². The quantitative estimate of drug-likeness (QED) is 0.446. The Labute approximate surface area is 221 Å². The van der Waals surface area contributed by atoms with Crippen molar-refractivity contribution in [3.05, 3.63) is 35.7 Å². The lowest BCUT2D eigenvalue weighted by Gasteiger charge is -2.26. The van der Waals surface area contributed by atoms with Crippen LogP contribution in [0.4, 0.5) is 24.8 Å². The maximum absolute atomic E-state index is 12.5. The third-order valence-electron chi connectivity index (χ3n) is 6.99. The van der Waals surface area contributed by atoms with Crippen molar-refractivity contribution in [1.82, 2.24) is 29.5 Å². The third-order valence-corrected chi connectivity index (χ3v) is 6.99. The average molecular weight is 548 g/mol. The van der Waals surface area contributed by atoms with Crippen LogP contribution in [0.15, 0.2) is 24.5 Å². The second kappa shape index (κ2) is 10.7. The number of likely N-dealkylation sites (N-methyl/N-ethyl adjacent to an activating group) is 1. The van der Waals surface area contributed by atoms with Gasteiger partial charge in [-0.25, -0.2) is 14.5 Å². The molecule has 14 heteroatoms. The van der Waals surface area contributed by atoms with Crippen LogP contribution in [-0.2, 0) is 33.8 Å². The Balaban J connectivity index is 1.32. The van der Waals surface area contributed by atoms with E-state index in [0.717, 1.165) is 25.2 Å². The van der Waals surface area contributed by atoms with Gasteiger partial charge < -0.3 is 24.6 Å². The minimum atomic E-state index is -5.15. The van der Waals surface area contributed by atoms with Gasteiger partial charge in [0.15, 0.2) is 12.3 Å². The monoisotopic (exact) mass is 547 g/mol. The van der Waals surface area contributed by atoms with Crippen LogP contribution in [-0.4, -0.2) is 87.5 Å². The minimum absolute atomic E-state index is 0.271. The fourth-order valence-corrected chi connectivity index (χ4v) is 5.02. The van der Waals surface area contributed by atoms with Crippen LogP contribution in [0.3, 0.4) is 0 Å². The van der Waals surface area contributed by atoms with Crippen molar-refractivity contribution in [2.45, 2.75) is 44.6 Å². The number of esters is 1. The van der Waals surface area contributed by atoms with Crippen molar-refractivity contribution >= 4 is 34.5 Å². The molecule has 0 spiro atoms. The summed E-state index contributed by atoms with van der Waals surface area (Å²) >= 11 is 0. The highest BCUT2D eigenvalue weighted by atomic mass is 19.4. The van der Waals surface area contributed by atoms with Gasteiger partial charge in [0.05, 0.1) is 37.0 Å². The highest BCUT2D eigenvalue weighted by Gasteiger charge is 2.42. The molecule has 3 aromatic rings. The topological polar surface area (TPSA) is 115 Å². The van der Waals surface area contributed by atoms with E-state index in [0.29, 0.717) is 42.1 Å².